The summed E-state index contributed by atoms with van der Waals surface area (Å²) in [4.78, 5) is 17.7. The first kappa shape index (κ1) is 22.8. The summed E-state index contributed by atoms with van der Waals surface area (Å²) in [5.74, 6) is 0.853. The number of thioether (sulfide) groups is 1. The third kappa shape index (κ3) is 4.55. The molecule has 0 amide bonds. The molecule has 1 fully saturated rings. The largest absolute Gasteiger partial charge is 0.467 e. The molecule has 0 unspecified atom stereocenters. The van der Waals surface area contributed by atoms with Crippen LogP contribution in [0.15, 0.2) is 57.1 Å². The first-order chi connectivity index (χ1) is 15.3. The first-order valence-electron chi connectivity index (χ1n) is 10.6. The Hall–Kier alpha value is -2.36. The van der Waals surface area contributed by atoms with Crippen LogP contribution in [0, 0.1) is 13.8 Å². The van der Waals surface area contributed by atoms with E-state index < -0.39 is 10.0 Å². The van der Waals surface area contributed by atoms with Crippen LogP contribution in [0.1, 0.15) is 47.3 Å². The number of carbonyl (C=O) groups excluding carboxylic acids is 1. The Morgan fingerprint density at radius 3 is 2.59 bits per heavy atom. The van der Waals surface area contributed by atoms with E-state index in [0.717, 1.165) is 30.0 Å². The van der Waals surface area contributed by atoms with Crippen LogP contribution in [0.3, 0.4) is 0 Å². The number of hydrogen-bond acceptors (Lipinski definition) is 6. The second-order valence-corrected chi connectivity index (χ2v) is 11.3. The van der Waals surface area contributed by atoms with Crippen molar-refractivity contribution in [2.45, 2.75) is 55.3 Å². The van der Waals surface area contributed by atoms with Gasteiger partial charge in [-0.15, -0.1) is 0 Å². The highest BCUT2D eigenvalue weighted by Crippen LogP contribution is 2.28. The zero-order valence-electron chi connectivity index (χ0n) is 18.4. The molecular formula is C23H27N3O4S2. The number of rotatable bonds is 8. The molecular weight excluding hydrogens is 446 g/mol. The molecule has 170 valence electrons. The minimum atomic E-state index is -3.49. The van der Waals surface area contributed by atoms with Gasteiger partial charge in [0.2, 0.25) is 10.0 Å². The Kier molecular flexibility index (Phi) is 6.60. The molecule has 4 heterocycles. The Morgan fingerprint density at radius 2 is 1.97 bits per heavy atom. The summed E-state index contributed by atoms with van der Waals surface area (Å²) < 4.78 is 34.3. The van der Waals surface area contributed by atoms with E-state index in [4.69, 9.17) is 4.42 Å². The molecule has 0 radical (unpaired) electrons. The highest BCUT2D eigenvalue weighted by molar-refractivity contribution is 8.00. The molecule has 0 aromatic carbocycles. The van der Waals surface area contributed by atoms with Crippen LogP contribution in [-0.4, -0.2) is 46.4 Å². The molecule has 0 spiro atoms. The summed E-state index contributed by atoms with van der Waals surface area (Å²) in [6.45, 7) is 7.46. The number of hydrogen-bond donors (Lipinski definition) is 0. The van der Waals surface area contributed by atoms with Crippen LogP contribution >= 0.6 is 11.8 Å². The number of nitrogens with zero attached hydrogens (tertiary/aromatic N) is 3. The maximum absolute atomic E-state index is 13.2. The third-order valence-electron chi connectivity index (χ3n) is 5.81. The molecule has 1 aliphatic heterocycles. The van der Waals surface area contributed by atoms with Gasteiger partial charge in [0.25, 0.3) is 0 Å². The second-order valence-electron chi connectivity index (χ2n) is 8.02. The van der Waals surface area contributed by atoms with Crippen molar-refractivity contribution >= 4 is 27.6 Å². The lowest BCUT2D eigenvalue weighted by atomic mass is 10.1. The van der Waals surface area contributed by atoms with Gasteiger partial charge in [0, 0.05) is 36.2 Å². The Bertz CT molecular complexity index is 1190. The van der Waals surface area contributed by atoms with Crippen molar-refractivity contribution in [3.63, 3.8) is 0 Å². The average Bonchev–Trinajstić information content (AvgIpc) is 3.53. The zero-order chi connectivity index (χ0) is 22.9. The number of furan rings is 1. The van der Waals surface area contributed by atoms with Crippen LogP contribution in [0.25, 0.3) is 0 Å². The maximum atomic E-state index is 13.2. The molecule has 0 aliphatic carbocycles. The Morgan fingerprint density at radius 1 is 1.22 bits per heavy atom. The minimum Gasteiger partial charge on any atom is -0.467 e. The molecule has 3 aromatic rings. The SMILES string of the molecule is Cc1cc(C(=O)[C@@H](C)Sc2ccc(S(=O)(=O)N3CCCC3)cn2)c(C)n1Cc1ccco1. The summed E-state index contributed by atoms with van der Waals surface area (Å²) in [6.07, 6.45) is 4.82. The van der Waals surface area contributed by atoms with Crippen molar-refractivity contribution in [2.75, 3.05) is 13.1 Å². The quantitative estimate of drug-likeness (QED) is 0.358. The van der Waals surface area contributed by atoms with Gasteiger partial charge in [0.1, 0.15) is 10.7 Å². The Balaban J connectivity index is 1.46. The standard InChI is InChI=1S/C23H27N3O4S2/c1-16-13-21(17(2)26(16)15-19-7-6-12-30-19)23(27)18(3)31-22-9-8-20(14-24-22)32(28,29)25-10-4-5-11-25/h6-9,12-14,18H,4-5,10-11,15H2,1-3H3/t18-/m1/s1. The number of ketones is 1. The van der Waals surface area contributed by atoms with Gasteiger partial charge >= 0.3 is 0 Å². The smallest absolute Gasteiger partial charge is 0.244 e. The van der Waals surface area contributed by atoms with E-state index in [0.29, 0.717) is 30.2 Å². The Labute approximate surface area is 192 Å². The summed E-state index contributed by atoms with van der Waals surface area (Å²) in [5, 5.41) is 0.261. The van der Waals surface area contributed by atoms with Gasteiger partial charge in [0.15, 0.2) is 5.78 Å². The fraction of sp³-hybridized carbons (Fsp3) is 0.391. The van der Waals surface area contributed by atoms with Crippen LogP contribution in [0.4, 0.5) is 0 Å². The van der Waals surface area contributed by atoms with Gasteiger partial charge in [-0.05, 0) is 63.9 Å². The minimum absolute atomic E-state index is 0.0179. The molecule has 1 saturated heterocycles. The number of aromatic nitrogens is 2. The molecule has 9 heteroatoms. The molecule has 0 bridgehead atoms. The van der Waals surface area contributed by atoms with Crippen LogP contribution in [-0.2, 0) is 16.6 Å². The van der Waals surface area contributed by atoms with Gasteiger partial charge in [-0.3, -0.25) is 4.79 Å². The predicted molar refractivity (Wildman–Crippen MR) is 124 cm³/mol. The summed E-state index contributed by atoms with van der Waals surface area (Å²) in [5.41, 5.74) is 2.58. The van der Waals surface area contributed by atoms with Crippen LogP contribution in [0.5, 0.6) is 0 Å². The first-order valence-corrected chi connectivity index (χ1v) is 13.0. The molecule has 32 heavy (non-hydrogen) atoms. The summed E-state index contributed by atoms with van der Waals surface area (Å²) >= 11 is 1.33. The lowest BCUT2D eigenvalue weighted by Gasteiger charge is -2.15. The monoisotopic (exact) mass is 473 g/mol. The second kappa shape index (κ2) is 9.25. The number of Topliss-reactive ketones (excluding diaryl/α,β-unsaturated/α-hetero) is 1. The van der Waals surface area contributed by atoms with Crippen molar-refractivity contribution in [1.82, 2.24) is 13.9 Å². The fourth-order valence-electron chi connectivity index (χ4n) is 3.97. The van der Waals surface area contributed by atoms with E-state index in [-0.39, 0.29) is 15.9 Å². The zero-order valence-corrected chi connectivity index (χ0v) is 20.1. The lowest BCUT2D eigenvalue weighted by molar-refractivity contribution is 0.0993. The lowest BCUT2D eigenvalue weighted by Crippen LogP contribution is -2.27. The summed E-state index contributed by atoms with van der Waals surface area (Å²) in [7, 11) is -3.49. The van der Waals surface area contributed by atoms with E-state index in [1.807, 2.05) is 39.0 Å². The van der Waals surface area contributed by atoms with Gasteiger partial charge in [-0.25, -0.2) is 13.4 Å². The normalized spacial score (nSPS) is 15.8. The molecule has 7 nitrogen and oxygen atoms in total. The highest BCUT2D eigenvalue weighted by Gasteiger charge is 2.28. The summed E-state index contributed by atoms with van der Waals surface area (Å²) in [6, 6.07) is 8.94. The van der Waals surface area contributed by atoms with Crippen molar-refractivity contribution in [2.24, 2.45) is 0 Å². The fourth-order valence-corrected chi connectivity index (χ4v) is 6.29. The van der Waals surface area contributed by atoms with Gasteiger partial charge in [-0.1, -0.05) is 11.8 Å². The topological polar surface area (TPSA) is 85.4 Å². The molecule has 4 rings (SSSR count). The van der Waals surface area contributed by atoms with Crippen molar-refractivity contribution in [3.8, 4) is 0 Å². The van der Waals surface area contributed by atoms with Crippen molar-refractivity contribution in [3.05, 3.63) is 65.5 Å². The van der Waals surface area contributed by atoms with E-state index in [9.17, 15) is 13.2 Å². The number of aryl methyl sites for hydroxylation is 1. The van der Waals surface area contributed by atoms with E-state index in [2.05, 4.69) is 9.55 Å². The van der Waals surface area contributed by atoms with E-state index in [1.54, 1.807) is 18.4 Å². The maximum Gasteiger partial charge on any atom is 0.244 e. The van der Waals surface area contributed by atoms with E-state index >= 15 is 0 Å². The van der Waals surface area contributed by atoms with Crippen molar-refractivity contribution < 1.29 is 17.6 Å². The van der Waals surface area contributed by atoms with Gasteiger partial charge < -0.3 is 8.98 Å². The molecule has 1 atom stereocenters. The average molecular weight is 474 g/mol. The van der Waals surface area contributed by atoms with Crippen LogP contribution in [0.2, 0.25) is 0 Å². The number of sulfonamides is 1. The van der Waals surface area contributed by atoms with Crippen molar-refractivity contribution in [1.29, 1.82) is 0 Å². The third-order valence-corrected chi connectivity index (χ3v) is 8.74. The predicted octanol–water partition coefficient (Wildman–Crippen LogP) is 4.29. The number of pyridine rings is 1. The van der Waals surface area contributed by atoms with Crippen LogP contribution < -0.4 is 0 Å². The highest BCUT2D eigenvalue weighted by atomic mass is 32.2. The molecule has 3 aromatic heterocycles. The number of carbonyl (C=O) groups is 1. The molecule has 1 aliphatic rings. The van der Waals surface area contributed by atoms with E-state index in [1.165, 1.54) is 22.3 Å². The molecule has 0 N–H and O–H groups in total. The van der Waals surface area contributed by atoms with Gasteiger partial charge in [-0.2, -0.15) is 4.31 Å². The van der Waals surface area contributed by atoms with Gasteiger partial charge in [0.05, 0.1) is 23.1 Å². The molecule has 0 saturated carbocycles.